The number of H-pyrrole nitrogens is 1. The second-order valence-corrected chi connectivity index (χ2v) is 13.0. The highest BCUT2D eigenvalue weighted by atomic mass is 16.5. The van der Waals surface area contributed by atoms with Crippen molar-refractivity contribution in [2.24, 2.45) is 7.05 Å². The van der Waals surface area contributed by atoms with E-state index in [0.29, 0.717) is 16.8 Å². The van der Waals surface area contributed by atoms with Crippen LogP contribution in [0.25, 0.3) is 22.9 Å². The first-order valence-corrected chi connectivity index (χ1v) is 17.3. The normalized spacial score (nSPS) is 13.6. The molecule has 1 aliphatic rings. The lowest BCUT2D eigenvalue weighted by Gasteiger charge is -2.29. The van der Waals surface area contributed by atoms with Gasteiger partial charge in [0.2, 0.25) is 0 Å². The first kappa shape index (κ1) is 34.3. The molecule has 1 aliphatic heterocycles. The number of amides is 1. The van der Waals surface area contributed by atoms with E-state index >= 15 is 0 Å². The summed E-state index contributed by atoms with van der Waals surface area (Å²) in [6.07, 6.45) is 5.17. The van der Waals surface area contributed by atoms with E-state index in [9.17, 15) is 14.4 Å². The molecule has 0 aliphatic carbocycles. The highest BCUT2D eigenvalue weighted by Crippen LogP contribution is 2.33. The monoisotopic (exact) mass is 692 g/mol. The molecular weight excluding hydrogens is 652 g/mol. The minimum atomic E-state index is -0.387. The van der Waals surface area contributed by atoms with Gasteiger partial charge in [0.25, 0.3) is 17.0 Å². The number of hydrogen-bond donors (Lipinski definition) is 2. The quantitative estimate of drug-likeness (QED) is 0.227. The van der Waals surface area contributed by atoms with E-state index in [-0.39, 0.29) is 27.7 Å². The van der Waals surface area contributed by atoms with Gasteiger partial charge >= 0.3 is 0 Å². The number of nitrogens with zero attached hydrogens (tertiary/aromatic N) is 2. The number of aromatic amines is 1. The van der Waals surface area contributed by atoms with E-state index in [4.69, 9.17) is 9.47 Å². The van der Waals surface area contributed by atoms with E-state index in [1.165, 1.54) is 21.3 Å². The zero-order chi connectivity index (χ0) is 36.2. The van der Waals surface area contributed by atoms with Gasteiger partial charge in [-0.15, -0.1) is 0 Å². The summed E-state index contributed by atoms with van der Waals surface area (Å²) in [5.41, 5.74) is 5.58. The number of carbonyl (C=O) groups excluding carboxylic acids is 1. The summed E-state index contributed by atoms with van der Waals surface area (Å²) in [7, 11) is 4.91. The first-order valence-electron chi connectivity index (χ1n) is 17.3. The molecule has 9 nitrogen and oxygen atoms in total. The van der Waals surface area contributed by atoms with Crippen LogP contribution in [0.2, 0.25) is 0 Å². The molecule has 7 rings (SSSR count). The number of anilines is 1. The number of hydrogen-bond acceptors (Lipinski definition) is 6. The number of nitrogens with one attached hydrogen (secondary N) is 2. The van der Waals surface area contributed by atoms with Crippen LogP contribution in [0.3, 0.4) is 0 Å². The minimum Gasteiger partial charge on any atom is -0.493 e. The van der Waals surface area contributed by atoms with Crippen molar-refractivity contribution in [1.82, 2.24) is 14.5 Å². The lowest BCUT2D eigenvalue weighted by Crippen LogP contribution is -2.52. The fraction of sp³-hybridized carbons (Fsp3) is 0.186. The molecule has 0 spiro atoms. The number of fused-ring (bicyclic) bond motifs is 2. The average molecular weight is 693 g/mol. The number of ether oxygens (including phenoxy) is 2. The largest absolute Gasteiger partial charge is 0.493 e. The van der Waals surface area contributed by atoms with Crippen LogP contribution in [-0.2, 0) is 26.4 Å². The van der Waals surface area contributed by atoms with Gasteiger partial charge in [-0.25, -0.2) is 0 Å². The van der Waals surface area contributed by atoms with Crippen molar-refractivity contribution in [2.75, 3.05) is 32.6 Å². The molecule has 1 amide bonds. The van der Waals surface area contributed by atoms with Crippen molar-refractivity contribution in [3.63, 3.8) is 0 Å². The SMILES string of the molecule is COc1cc2c(cc1OC)CN(CCc1ccc(NC(=O)c3cccc(/C=c4\[nH]c(=O)/c(=C/c5cccc6ccccc56)n(C)c4=O)c3)cc1)CC2. The predicted octanol–water partition coefficient (Wildman–Crippen LogP) is 4.75. The molecule has 262 valence electrons. The Labute approximate surface area is 301 Å². The van der Waals surface area contributed by atoms with Crippen LogP contribution in [-0.4, -0.2) is 47.7 Å². The molecule has 0 fully saturated rings. The third-order valence-electron chi connectivity index (χ3n) is 9.68. The molecule has 0 bridgehead atoms. The van der Waals surface area contributed by atoms with Crippen LogP contribution in [0.15, 0.2) is 113 Å². The summed E-state index contributed by atoms with van der Waals surface area (Å²) in [6.45, 7) is 2.76. The summed E-state index contributed by atoms with van der Waals surface area (Å²) >= 11 is 0. The lowest BCUT2D eigenvalue weighted by atomic mass is 9.98. The lowest BCUT2D eigenvalue weighted by molar-refractivity contribution is 0.102. The van der Waals surface area contributed by atoms with Gasteiger partial charge in [0.05, 0.1) is 14.2 Å². The number of rotatable bonds is 9. The van der Waals surface area contributed by atoms with Crippen LogP contribution in [0, 0.1) is 0 Å². The molecular formula is C43H40N4O5. The zero-order valence-corrected chi connectivity index (χ0v) is 29.4. The number of methoxy groups -OCH3 is 2. The summed E-state index contributed by atoms with van der Waals surface area (Å²) in [4.78, 5) is 45.0. The third kappa shape index (κ3) is 7.31. The average Bonchev–Trinajstić information content (AvgIpc) is 3.17. The molecule has 0 radical (unpaired) electrons. The number of carbonyl (C=O) groups is 1. The standard InChI is InChI=1S/C43H40N4O5/c1-46-38(24-32-11-7-10-30-9-4-5-13-36(30)32)42(49)45-37(43(46)50)23-29-8-6-12-33(22-29)41(48)44-35-16-14-28(15-17-35)18-20-47-21-19-31-25-39(51-2)40(52-3)26-34(31)27-47/h4-17,22-26H,18-21,27H2,1-3H3,(H,44,48)(H,45,49)/b37-23-,38-24-. The van der Waals surface area contributed by atoms with E-state index in [2.05, 4.69) is 27.3 Å². The minimum absolute atomic E-state index is 0.129. The van der Waals surface area contributed by atoms with Crippen LogP contribution < -0.4 is 36.6 Å². The van der Waals surface area contributed by atoms with Crippen molar-refractivity contribution in [2.45, 2.75) is 19.4 Å². The molecule has 0 unspecified atom stereocenters. The molecule has 2 heterocycles. The van der Waals surface area contributed by atoms with E-state index in [1.807, 2.05) is 66.7 Å². The highest BCUT2D eigenvalue weighted by molar-refractivity contribution is 6.04. The second kappa shape index (κ2) is 15.0. The van der Waals surface area contributed by atoms with Gasteiger partial charge < -0.3 is 24.3 Å². The highest BCUT2D eigenvalue weighted by Gasteiger charge is 2.19. The Morgan fingerprint density at radius 3 is 2.37 bits per heavy atom. The van der Waals surface area contributed by atoms with Gasteiger partial charge in [0, 0.05) is 37.9 Å². The van der Waals surface area contributed by atoms with Crippen LogP contribution in [0.1, 0.15) is 38.2 Å². The predicted molar refractivity (Wildman–Crippen MR) is 206 cm³/mol. The maximum atomic E-state index is 13.4. The van der Waals surface area contributed by atoms with Crippen LogP contribution in [0.4, 0.5) is 5.69 Å². The molecule has 5 aromatic carbocycles. The van der Waals surface area contributed by atoms with Gasteiger partial charge in [-0.2, -0.15) is 0 Å². The first-order chi connectivity index (χ1) is 25.3. The Morgan fingerprint density at radius 2 is 1.58 bits per heavy atom. The summed E-state index contributed by atoms with van der Waals surface area (Å²) in [6, 6.07) is 32.8. The Kier molecular flexibility index (Phi) is 9.86. The molecule has 2 N–H and O–H groups in total. The Balaban J connectivity index is 1.02. The van der Waals surface area contributed by atoms with Gasteiger partial charge in [0.1, 0.15) is 10.7 Å². The van der Waals surface area contributed by atoms with Gasteiger partial charge in [-0.1, -0.05) is 66.7 Å². The molecule has 0 saturated carbocycles. The topological polar surface area (TPSA) is 106 Å². The van der Waals surface area contributed by atoms with Crippen molar-refractivity contribution >= 4 is 34.5 Å². The van der Waals surface area contributed by atoms with Crippen molar-refractivity contribution in [3.8, 4) is 11.5 Å². The fourth-order valence-corrected chi connectivity index (χ4v) is 6.78. The molecule has 0 atom stereocenters. The summed E-state index contributed by atoms with van der Waals surface area (Å²) < 4.78 is 12.3. The number of aromatic nitrogens is 2. The van der Waals surface area contributed by atoms with Gasteiger partial charge in [-0.3, -0.25) is 19.3 Å². The van der Waals surface area contributed by atoms with Gasteiger partial charge in [0.15, 0.2) is 11.5 Å². The number of benzene rings is 5. The molecule has 6 aromatic rings. The van der Waals surface area contributed by atoms with Crippen molar-refractivity contribution in [3.05, 3.63) is 168 Å². The molecule has 1 aromatic heterocycles. The van der Waals surface area contributed by atoms with Crippen LogP contribution in [0.5, 0.6) is 11.5 Å². The summed E-state index contributed by atoms with van der Waals surface area (Å²) in [5.74, 6) is 1.25. The fourth-order valence-electron chi connectivity index (χ4n) is 6.78. The Hall–Kier alpha value is -6.19. The van der Waals surface area contributed by atoms with E-state index < -0.39 is 0 Å². The molecule has 0 saturated heterocycles. The van der Waals surface area contributed by atoms with E-state index in [1.54, 1.807) is 57.7 Å². The maximum Gasteiger partial charge on any atom is 0.274 e. The second-order valence-electron chi connectivity index (χ2n) is 13.0. The maximum absolute atomic E-state index is 13.4. The summed E-state index contributed by atoms with van der Waals surface area (Å²) in [5, 5.41) is 5.38. The zero-order valence-electron chi connectivity index (χ0n) is 29.4. The van der Waals surface area contributed by atoms with Crippen molar-refractivity contribution < 1.29 is 14.3 Å². The Morgan fingerprint density at radius 1 is 0.846 bits per heavy atom. The molecule has 52 heavy (non-hydrogen) atoms. The van der Waals surface area contributed by atoms with Crippen molar-refractivity contribution in [1.29, 1.82) is 0 Å². The van der Waals surface area contributed by atoms with Gasteiger partial charge in [-0.05, 0) is 100.0 Å². The van der Waals surface area contributed by atoms with E-state index in [0.717, 1.165) is 60.3 Å². The Bertz CT molecular complexity index is 2530. The molecule has 9 heteroatoms. The smallest absolute Gasteiger partial charge is 0.274 e. The third-order valence-corrected chi connectivity index (χ3v) is 9.68. The van der Waals surface area contributed by atoms with Crippen LogP contribution >= 0.6 is 0 Å².